The van der Waals surface area contributed by atoms with E-state index in [-0.39, 0.29) is 16.4 Å². The summed E-state index contributed by atoms with van der Waals surface area (Å²) in [6, 6.07) is 7.36. The molecule has 2 aliphatic rings. The summed E-state index contributed by atoms with van der Waals surface area (Å²) in [7, 11) is 0. The molecule has 6 heteroatoms. The van der Waals surface area contributed by atoms with Crippen LogP contribution in [0, 0.1) is 0 Å². The Morgan fingerprint density at radius 1 is 1.25 bits per heavy atom. The molecule has 2 amide bonds. The molecule has 1 aromatic carbocycles. The van der Waals surface area contributed by atoms with Gasteiger partial charge in [-0.3, -0.25) is 9.59 Å². The molecule has 4 nitrogen and oxygen atoms in total. The van der Waals surface area contributed by atoms with E-state index in [1.54, 1.807) is 23.5 Å². The predicted octanol–water partition coefficient (Wildman–Crippen LogP) is 1.86. The van der Waals surface area contributed by atoms with Crippen LogP contribution in [-0.4, -0.2) is 33.9 Å². The van der Waals surface area contributed by atoms with Gasteiger partial charge >= 0.3 is 0 Å². The maximum atomic E-state index is 12.2. The van der Waals surface area contributed by atoms with E-state index in [0.29, 0.717) is 6.42 Å². The Morgan fingerprint density at radius 2 is 2.00 bits per heavy atom. The van der Waals surface area contributed by atoms with Gasteiger partial charge in [0, 0.05) is 17.2 Å². The van der Waals surface area contributed by atoms with Crippen molar-refractivity contribution in [3.63, 3.8) is 0 Å². The highest BCUT2D eigenvalue weighted by atomic mass is 32.2. The summed E-state index contributed by atoms with van der Waals surface area (Å²) in [6.45, 7) is 0. The van der Waals surface area contributed by atoms with Crippen LogP contribution in [-0.2, 0) is 16.0 Å². The first-order chi connectivity index (χ1) is 9.74. The molecule has 0 saturated carbocycles. The lowest BCUT2D eigenvalue weighted by Gasteiger charge is -2.17. The van der Waals surface area contributed by atoms with Crippen molar-refractivity contribution in [1.29, 1.82) is 0 Å². The first kappa shape index (κ1) is 13.8. The number of thioether (sulfide) groups is 2. The van der Waals surface area contributed by atoms with E-state index in [4.69, 9.17) is 0 Å². The fourth-order valence-corrected chi connectivity index (χ4v) is 5.00. The normalized spacial score (nSPS) is 22.8. The van der Waals surface area contributed by atoms with Crippen molar-refractivity contribution in [2.24, 2.45) is 0 Å². The number of para-hydroxylation sites is 1. The summed E-state index contributed by atoms with van der Waals surface area (Å²) >= 11 is 3.30. The maximum absolute atomic E-state index is 12.2. The Morgan fingerprint density at radius 3 is 2.80 bits per heavy atom. The zero-order chi connectivity index (χ0) is 13.9. The highest BCUT2D eigenvalue weighted by molar-refractivity contribution is 8.21. The summed E-state index contributed by atoms with van der Waals surface area (Å²) in [6.07, 6.45) is 1.45. The van der Waals surface area contributed by atoms with Crippen molar-refractivity contribution in [2.75, 3.05) is 16.8 Å². The van der Waals surface area contributed by atoms with Gasteiger partial charge in [0.1, 0.15) is 10.6 Å². The molecule has 1 unspecified atom stereocenters. The van der Waals surface area contributed by atoms with E-state index in [2.05, 4.69) is 10.6 Å². The molecule has 106 valence electrons. The lowest BCUT2D eigenvalue weighted by Crippen LogP contribution is -2.45. The minimum atomic E-state index is -0.434. The minimum absolute atomic E-state index is 0.0244. The topological polar surface area (TPSA) is 58.2 Å². The Hall–Kier alpha value is -1.14. The molecule has 0 bridgehead atoms. The van der Waals surface area contributed by atoms with Crippen molar-refractivity contribution in [3.8, 4) is 0 Å². The van der Waals surface area contributed by atoms with Crippen LogP contribution in [0.1, 0.15) is 12.0 Å². The summed E-state index contributed by atoms with van der Waals surface area (Å²) in [4.78, 5) is 24.3. The number of nitrogens with one attached hydrogen (secondary N) is 2. The quantitative estimate of drug-likeness (QED) is 0.875. The van der Waals surface area contributed by atoms with Gasteiger partial charge in [-0.2, -0.15) is 0 Å². The maximum Gasteiger partial charge on any atom is 0.246 e. The van der Waals surface area contributed by atoms with Crippen LogP contribution in [0.5, 0.6) is 0 Å². The zero-order valence-electron chi connectivity index (χ0n) is 10.9. The molecule has 3 rings (SSSR count). The monoisotopic (exact) mass is 308 g/mol. The summed E-state index contributed by atoms with van der Waals surface area (Å²) in [5, 5.41) is 5.79. The third-order valence-corrected chi connectivity index (χ3v) is 6.43. The van der Waals surface area contributed by atoms with Gasteiger partial charge in [-0.25, -0.2) is 0 Å². The van der Waals surface area contributed by atoms with Gasteiger partial charge in [0.15, 0.2) is 0 Å². The molecule has 1 saturated heterocycles. The molecular weight excluding hydrogens is 292 g/mol. The molecular formula is C14H16N2O2S2. The first-order valence-electron chi connectivity index (χ1n) is 6.66. The van der Waals surface area contributed by atoms with Crippen molar-refractivity contribution in [3.05, 3.63) is 29.8 Å². The Kier molecular flexibility index (Phi) is 4.21. The van der Waals surface area contributed by atoms with Crippen molar-refractivity contribution < 1.29 is 9.59 Å². The van der Waals surface area contributed by atoms with E-state index in [0.717, 1.165) is 29.2 Å². The minimum Gasteiger partial charge on any atom is -0.343 e. The van der Waals surface area contributed by atoms with E-state index in [9.17, 15) is 9.59 Å². The van der Waals surface area contributed by atoms with E-state index in [1.165, 1.54) is 0 Å². The summed E-state index contributed by atoms with van der Waals surface area (Å²) in [5.41, 5.74) is 1.99. The number of carbonyl (C=O) groups excluding carboxylic acids is 2. The van der Waals surface area contributed by atoms with Crippen molar-refractivity contribution >= 4 is 41.0 Å². The average Bonchev–Trinajstić information content (AvgIpc) is 2.93. The lowest BCUT2D eigenvalue weighted by atomic mass is 10.1. The molecule has 1 fully saturated rings. The molecule has 0 spiro atoms. The lowest BCUT2D eigenvalue weighted by molar-refractivity contribution is -0.125. The van der Waals surface area contributed by atoms with Crippen LogP contribution in [0.3, 0.4) is 0 Å². The molecule has 0 radical (unpaired) electrons. The standard InChI is InChI=1S/C14H16N2O2S2/c17-12-11(16-13(18)14-19-7-8-20-14)6-5-9-3-1-2-4-10(9)15-12/h1-4,11,14H,5-8H2,(H,15,17)(H,16,18). The fraction of sp³-hybridized carbons (Fsp3) is 0.429. The second kappa shape index (κ2) is 6.10. The Bertz CT molecular complexity index is 530. The number of hydrogen-bond donors (Lipinski definition) is 2. The smallest absolute Gasteiger partial charge is 0.246 e. The van der Waals surface area contributed by atoms with Gasteiger partial charge in [-0.1, -0.05) is 18.2 Å². The molecule has 1 atom stereocenters. The highest BCUT2D eigenvalue weighted by Crippen LogP contribution is 2.32. The number of carbonyl (C=O) groups is 2. The van der Waals surface area contributed by atoms with Crippen LogP contribution in [0.4, 0.5) is 5.69 Å². The van der Waals surface area contributed by atoms with E-state index < -0.39 is 6.04 Å². The molecule has 0 aromatic heterocycles. The molecule has 20 heavy (non-hydrogen) atoms. The number of benzene rings is 1. The van der Waals surface area contributed by atoms with Crippen LogP contribution < -0.4 is 10.6 Å². The fourth-order valence-electron chi connectivity index (χ4n) is 2.40. The Balaban J connectivity index is 1.67. The van der Waals surface area contributed by atoms with Crippen LogP contribution >= 0.6 is 23.5 Å². The molecule has 2 aliphatic heterocycles. The van der Waals surface area contributed by atoms with Gasteiger partial charge in [-0.15, -0.1) is 23.5 Å². The van der Waals surface area contributed by atoms with Crippen LogP contribution in [0.15, 0.2) is 24.3 Å². The number of rotatable bonds is 2. The third kappa shape index (κ3) is 2.96. The van der Waals surface area contributed by atoms with Gasteiger partial charge < -0.3 is 10.6 Å². The van der Waals surface area contributed by atoms with Crippen molar-refractivity contribution in [2.45, 2.75) is 23.5 Å². The molecule has 2 heterocycles. The average molecular weight is 308 g/mol. The van der Waals surface area contributed by atoms with Crippen molar-refractivity contribution in [1.82, 2.24) is 5.32 Å². The second-order valence-corrected chi connectivity index (χ2v) is 7.54. The predicted molar refractivity (Wildman–Crippen MR) is 84.0 cm³/mol. The molecule has 0 aliphatic carbocycles. The Labute approximate surface area is 126 Å². The first-order valence-corrected chi connectivity index (χ1v) is 8.76. The van der Waals surface area contributed by atoms with E-state index >= 15 is 0 Å². The zero-order valence-corrected chi connectivity index (χ0v) is 12.6. The van der Waals surface area contributed by atoms with Gasteiger partial charge in [0.05, 0.1) is 0 Å². The second-order valence-electron chi connectivity index (χ2n) is 4.82. The number of anilines is 1. The van der Waals surface area contributed by atoms with Gasteiger partial charge in [0.2, 0.25) is 11.8 Å². The van der Waals surface area contributed by atoms with Crippen LogP contribution in [0.25, 0.3) is 0 Å². The highest BCUT2D eigenvalue weighted by Gasteiger charge is 2.30. The number of aryl methyl sites for hydroxylation is 1. The van der Waals surface area contributed by atoms with Gasteiger partial charge in [0.25, 0.3) is 0 Å². The SMILES string of the molecule is O=C1Nc2ccccc2CCC1NC(=O)C1SCCS1. The van der Waals surface area contributed by atoms with Gasteiger partial charge in [-0.05, 0) is 24.5 Å². The summed E-state index contributed by atoms with van der Waals surface area (Å²) < 4.78 is -0.0616. The van der Waals surface area contributed by atoms with Crippen LogP contribution in [0.2, 0.25) is 0 Å². The number of hydrogen-bond acceptors (Lipinski definition) is 4. The number of fused-ring (bicyclic) bond motifs is 1. The third-order valence-electron chi connectivity index (χ3n) is 3.45. The number of amides is 2. The largest absolute Gasteiger partial charge is 0.343 e. The summed E-state index contributed by atoms with van der Waals surface area (Å²) in [5.74, 6) is 1.87. The van der Waals surface area contributed by atoms with E-state index in [1.807, 2.05) is 24.3 Å². The molecule has 1 aromatic rings. The molecule has 2 N–H and O–H groups in total.